The van der Waals surface area contributed by atoms with Gasteiger partial charge in [0.15, 0.2) is 5.78 Å². The number of hydrogen-bond acceptors (Lipinski definition) is 2. The Kier molecular flexibility index (Phi) is 3.25. The number of hydrogen-bond donors (Lipinski definition) is 0. The van der Waals surface area contributed by atoms with Crippen LogP contribution in [0.1, 0.15) is 17.3 Å². The third-order valence-electron chi connectivity index (χ3n) is 2.15. The zero-order valence-electron chi connectivity index (χ0n) is 8.45. The monoisotopic (exact) mass is 342 g/mol. The van der Waals surface area contributed by atoms with Gasteiger partial charge in [-0.15, -0.1) is 0 Å². The van der Waals surface area contributed by atoms with Crippen molar-refractivity contribution in [1.29, 1.82) is 0 Å². The molecule has 0 unspecified atom stereocenters. The molecular weight excluding hydrogens is 336 g/mol. The Bertz CT molecular complexity index is 549. The summed E-state index contributed by atoms with van der Waals surface area (Å²) in [5.74, 6) is 0.0499. The zero-order valence-corrected chi connectivity index (χ0v) is 11.6. The van der Waals surface area contributed by atoms with Crippen LogP contribution in [0.4, 0.5) is 0 Å². The van der Waals surface area contributed by atoms with Gasteiger partial charge in [0, 0.05) is 16.2 Å². The SMILES string of the molecule is CC(=O)c1ccc(-n2cc(Br)cn2)c(Br)c1. The minimum atomic E-state index is 0.0499. The van der Waals surface area contributed by atoms with Crippen LogP contribution in [0.3, 0.4) is 0 Å². The molecule has 2 rings (SSSR count). The summed E-state index contributed by atoms with van der Waals surface area (Å²) in [5, 5.41) is 4.18. The first-order valence-electron chi connectivity index (χ1n) is 4.59. The van der Waals surface area contributed by atoms with E-state index in [1.165, 1.54) is 0 Å². The van der Waals surface area contributed by atoms with Crippen LogP contribution in [0, 0.1) is 0 Å². The fraction of sp³-hybridized carbons (Fsp3) is 0.0909. The van der Waals surface area contributed by atoms with Crippen LogP contribution in [0.5, 0.6) is 0 Å². The van der Waals surface area contributed by atoms with Gasteiger partial charge in [0.05, 0.1) is 16.4 Å². The first-order chi connectivity index (χ1) is 7.58. The van der Waals surface area contributed by atoms with Gasteiger partial charge < -0.3 is 0 Å². The largest absolute Gasteiger partial charge is 0.295 e. The van der Waals surface area contributed by atoms with Crippen molar-refractivity contribution >= 4 is 37.6 Å². The Morgan fingerprint density at radius 3 is 2.62 bits per heavy atom. The quantitative estimate of drug-likeness (QED) is 0.781. The number of benzene rings is 1. The predicted molar refractivity (Wildman–Crippen MR) is 69.0 cm³/mol. The van der Waals surface area contributed by atoms with Crippen molar-refractivity contribution in [2.24, 2.45) is 0 Å². The molecule has 0 N–H and O–H groups in total. The van der Waals surface area contributed by atoms with E-state index in [0.717, 1.165) is 14.6 Å². The van der Waals surface area contributed by atoms with Crippen molar-refractivity contribution in [3.63, 3.8) is 0 Å². The lowest BCUT2D eigenvalue weighted by Crippen LogP contribution is -1.98. The van der Waals surface area contributed by atoms with Crippen molar-refractivity contribution in [3.8, 4) is 5.69 Å². The number of carbonyl (C=O) groups is 1. The molecular formula is C11H8Br2N2O. The maximum absolute atomic E-state index is 11.2. The van der Waals surface area contributed by atoms with E-state index in [1.54, 1.807) is 29.9 Å². The highest BCUT2D eigenvalue weighted by Gasteiger charge is 2.07. The first-order valence-corrected chi connectivity index (χ1v) is 6.17. The molecule has 0 aliphatic heterocycles. The third-order valence-corrected chi connectivity index (χ3v) is 3.20. The molecule has 82 valence electrons. The van der Waals surface area contributed by atoms with Crippen molar-refractivity contribution in [2.75, 3.05) is 0 Å². The second-order valence-corrected chi connectivity index (χ2v) is 5.10. The molecule has 1 aromatic heterocycles. The lowest BCUT2D eigenvalue weighted by Gasteiger charge is -2.05. The van der Waals surface area contributed by atoms with Gasteiger partial charge >= 0.3 is 0 Å². The second-order valence-electron chi connectivity index (χ2n) is 3.33. The van der Waals surface area contributed by atoms with Gasteiger partial charge in [-0.2, -0.15) is 5.10 Å². The summed E-state index contributed by atoms with van der Waals surface area (Å²) in [5.41, 5.74) is 1.58. The fourth-order valence-corrected chi connectivity index (χ4v) is 2.19. The number of ketones is 1. The normalized spacial score (nSPS) is 10.4. The molecule has 0 spiro atoms. The lowest BCUT2D eigenvalue weighted by molar-refractivity contribution is 0.101. The molecule has 0 saturated heterocycles. The Labute approximate surface area is 110 Å². The second kappa shape index (κ2) is 4.51. The van der Waals surface area contributed by atoms with Crippen LogP contribution in [0.2, 0.25) is 0 Å². The summed E-state index contributed by atoms with van der Waals surface area (Å²) in [6.45, 7) is 1.55. The van der Waals surface area contributed by atoms with Crippen LogP contribution in [0.25, 0.3) is 5.69 Å². The molecule has 5 heteroatoms. The Morgan fingerprint density at radius 2 is 2.12 bits per heavy atom. The molecule has 0 amide bonds. The maximum atomic E-state index is 11.2. The third kappa shape index (κ3) is 2.25. The highest BCUT2D eigenvalue weighted by Crippen LogP contribution is 2.23. The van der Waals surface area contributed by atoms with Gasteiger partial charge in [-0.25, -0.2) is 4.68 Å². The van der Waals surface area contributed by atoms with Crippen molar-refractivity contribution in [2.45, 2.75) is 6.92 Å². The van der Waals surface area contributed by atoms with Crippen LogP contribution < -0.4 is 0 Å². The predicted octanol–water partition coefficient (Wildman–Crippen LogP) is 3.60. The summed E-state index contributed by atoms with van der Waals surface area (Å²) in [4.78, 5) is 11.2. The van der Waals surface area contributed by atoms with Crippen LogP contribution in [0.15, 0.2) is 39.5 Å². The minimum Gasteiger partial charge on any atom is -0.295 e. The van der Waals surface area contributed by atoms with E-state index in [-0.39, 0.29) is 5.78 Å². The molecule has 2 aromatic rings. The number of nitrogens with zero attached hydrogens (tertiary/aromatic N) is 2. The van der Waals surface area contributed by atoms with Crippen LogP contribution >= 0.6 is 31.9 Å². The molecule has 0 aliphatic carbocycles. The van der Waals surface area contributed by atoms with E-state index in [9.17, 15) is 4.79 Å². The number of carbonyl (C=O) groups excluding carboxylic acids is 1. The molecule has 0 aliphatic rings. The van der Waals surface area contributed by atoms with Crippen LogP contribution in [-0.2, 0) is 0 Å². The van der Waals surface area contributed by atoms with Gasteiger partial charge in [-0.05, 0) is 57.0 Å². The lowest BCUT2D eigenvalue weighted by atomic mass is 10.1. The summed E-state index contributed by atoms with van der Waals surface area (Å²) in [7, 11) is 0. The Hall–Kier alpha value is -0.940. The fourth-order valence-electron chi connectivity index (χ4n) is 1.34. The molecule has 0 atom stereocenters. The first kappa shape index (κ1) is 11.5. The topological polar surface area (TPSA) is 34.9 Å². The van der Waals surface area contributed by atoms with E-state index in [1.807, 2.05) is 12.3 Å². The van der Waals surface area contributed by atoms with E-state index in [4.69, 9.17) is 0 Å². The van der Waals surface area contributed by atoms with E-state index in [0.29, 0.717) is 5.56 Å². The van der Waals surface area contributed by atoms with Crippen molar-refractivity contribution in [3.05, 3.63) is 45.1 Å². The summed E-state index contributed by atoms with van der Waals surface area (Å²) >= 11 is 6.77. The minimum absolute atomic E-state index is 0.0499. The number of aromatic nitrogens is 2. The Morgan fingerprint density at radius 1 is 1.38 bits per heavy atom. The number of halogens is 2. The molecule has 0 bridgehead atoms. The number of Topliss-reactive ketones (excluding diaryl/α,β-unsaturated/α-hetero) is 1. The molecule has 16 heavy (non-hydrogen) atoms. The molecule has 3 nitrogen and oxygen atoms in total. The average molecular weight is 344 g/mol. The summed E-state index contributed by atoms with van der Waals surface area (Å²) < 4.78 is 3.49. The maximum Gasteiger partial charge on any atom is 0.159 e. The standard InChI is InChI=1S/C11H8Br2N2O/c1-7(16)8-2-3-11(10(13)4-8)15-6-9(12)5-14-15/h2-6H,1H3. The average Bonchev–Trinajstić information content (AvgIpc) is 2.64. The van der Waals surface area contributed by atoms with Gasteiger partial charge in [-0.1, -0.05) is 0 Å². The summed E-state index contributed by atoms with van der Waals surface area (Å²) in [6, 6.07) is 5.45. The van der Waals surface area contributed by atoms with Gasteiger partial charge in [0.1, 0.15) is 0 Å². The molecule has 0 radical (unpaired) electrons. The summed E-state index contributed by atoms with van der Waals surface area (Å²) in [6.07, 6.45) is 3.57. The van der Waals surface area contributed by atoms with Crippen molar-refractivity contribution < 1.29 is 4.79 Å². The highest BCUT2D eigenvalue weighted by atomic mass is 79.9. The van der Waals surface area contributed by atoms with Crippen molar-refractivity contribution in [1.82, 2.24) is 9.78 Å². The van der Waals surface area contributed by atoms with Gasteiger partial charge in [0.2, 0.25) is 0 Å². The molecule has 0 fully saturated rings. The molecule has 1 aromatic carbocycles. The van der Waals surface area contributed by atoms with E-state index < -0.39 is 0 Å². The molecule has 1 heterocycles. The number of rotatable bonds is 2. The van der Waals surface area contributed by atoms with Crippen LogP contribution in [-0.4, -0.2) is 15.6 Å². The smallest absolute Gasteiger partial charge is 0.159 e. The molecule has 0 saturated carbocycles. The van der Waals surface area contributed by atoms with E-state index >= 15 is 0 Å². The Balaban J connectivity index is 2.47. The van der Waals surface area contributed by atoms with E-state index in [2.05, 4.69) is 37.0 Å². The van der Waals surface area contributed by atoms with Gasteiger partial charge in [0.25, 0.3) is 0 Å². The van der Waals surface area contributed by atoms with Gasteiger partial charge in [-0.3, -0.25) is 4.79 Å². The zero-order chi connectivity index (χ0) is 11.7. The highest BCUT2D eigenvalue weighted by molar-refractivity contribution is 9.10.